The van der Waals surface area contributed by atoms with Gasteiger partial charge in [0.05, 0.1) is 18.6 Å². The van der Waals surface area contributed by atoms with Gasteiger partial charge in [-0.15, -0.1) is 0 Å². The van der Waals surface area contributed by atoms with E-state index in [-0.39, 0.29) is 0 Å². The molecule has 0 saturated carbocycles. The first-order chi connectivity index (χ1) is 11.1. The summed E-state index contributed by atoms with van der Waals surface area (Å²) in [5.41, 5.74) is 0. The number of hydrogen-bond donors (Lipinski definition) is 1. The number of likely N-dealkylation sites (tertiary alicyclic amines) is 1. The zero-order chi connectivity index (χ0) is 16.3. The zero-order valence-corrected chi connectivity index (χ0v) is 14.3. The van der Waals surface area contributed by atoms with Gasteiger partial charge in [-0.2, -0.15) is 0 Å². The molecule has 3 rings (SSSR count). The van der Waals surface area contributed by atoms with Crippen LogP contribution in [0.15, 0.2) is 12.4 Å². The standard InChI is InChI=1S/C15H24N4O3S/c1-22-15-10-14(16-11-17-15)18-12-2-6-19(7-3-12)13-4-8-23(20,21)9-5-13/h10-13H,2-9H2,1H3,(H,16,17,18). The predicted molar refractivity (Wildman–Crippen MR) is 88.5 cm³/mol. The van der Waals surface area contributed by atoms with Crippen molar-refractivity contribution in [1.29, 1.82) is 0 Å². The number of methoxy groups -OCH3 is 1. The van der Waals surface area contributed by atoms with Crippen LogP contribution in [0.1, 0.15) is 25.7 Å². The number of piperidine rings is 1. The van der Waals surface area contributed by atoms with Gasteiger partial charge in [-0.05, 0) is 25.7 Å². The molecule has 7 nitrogen and oxygen atoms in total. The van der Waals surface area contributed by atoms with Crippen molar-refractivity contribution in [2.75, 3.05) is 37.0 Å². The number of sulfone groups is 1. The zero-order valence-electron chi connectivity index (χ0n) is 13.4. The lowest BCUT2D eigenvalue weighted by molar-refractivity contribution is 0.147. The first-order valence-electron chi connectivity index (χ1n) is 8.13. The number of hydrogen-bond acceptors (Lipinski definition) is 7. The van der Waals surface area contributed by atoms with Gasteiger partial charge in [0.2, 0.25) is 5.88 Å². The van der Waals surface area contributed by atoms with E-state index in [1.165, 1.54) is 6.33 Å². The first kappa shape index (κ1) is 16.4. The van der Waals surface area contributed by atoms with Crippen molar-refractivity contribution < 1.29 is 13.2 Å². The molecule has 128 valence electrons. The smallest absolute Gasteiger partial charge is 0.218 e. The molecule has 1 N–H and O–H groups in total. The third kappa shape index (κ3) is 4.32. The Bertz CT molecular complexity index is 615. The lowest BCUT2D eigenvalue weighted by Gasteiger charge is -2.39. The summed E-state index contributed by atoms with van der Waals surface area (Å²) < 4.78 is 28.2. The summed E-state index contributed by atoms with van der Waals surface area (Å²) in [4.78, 5) is 10.7. The molecular formula is C15H24N4O3S. The minimum Gasteiger partial charge on any atom is -0.481 e. The van der Waals surface area contributed by atoms with Crippen LogP contribution in [-0.2, 0) is 9.84 Å². The summed E-state index contributed by atoms with van der Waals surface area (Å²) >= 11 is 0. The minimum absolute atomic E-state index is 0.344. The normalized spacial score (nSPS) is 23.5. The Morgan fingerprint density at radius 2 is 1.87 bits per heavy atom. The van der Waals surface area contributed by atoms with E-state index in [1.54, 1.807) is 13.2 Å². The van der Waals surface area contributed by atoms with E-state index in [4.69, 9.17) is 4.74 Å². The fourth-order valence-corrected chi connectivity index (χ4v) is 4.86. The average molecular weight is 340 g/mol. The van der Waals surface area contributed by atoms with Crippen LogP contribution in [0.5, 0.6) is 5.88 Å². The molecule has 2 aliphatic heterocycles. The fraction of sp³-hybridized carbons (Fsp3) is 0.733. The Balaban J connectivity index is 1.48. The number of aromatic nitrogens is 2. The lowest BCUT2D eigenvalue weighted by atomic mass is 10.0. The molecular weight excluding hydrogens is 316 g/mol. The highest BCUT2D eigenvalue weighted by molar-refractivity contribution is 7.91. The van der Waals surface area contributed by atoms with Gasteiger partial charge in [-0.25, -0.2) is 18.4 Å². The summed E-state index contributed by atoms with van der Waals surface area (Å²) in [5.74, 6) is 2.04. The predicted octanol–water partition coefficient (Wildman–Crippen LogP) is 0.939. The Labute approximate surface area is 137 Å². The molecule has 1 aromatic rings. The molecule has 0 radical (unpaired) electrons. The number of anilines is 1. The maximum atomic E-state index is 11.5. The first-order valence-corrected chi connectivity index (χ1v) is 9.95. The minimum atomic E-state index is -2.78. The van der Waals surface area contributed by atoms with Crippen molar-refractivity contribution >= 4 is 15.7 Å². The number of nitrogens with zero attached hydrogens (tertiary/aromatic N) is 3. The Hall–Kier alpha value is -1.41. The molecule has 2 fully saturated rings. The van der Waals surface area contributed by atoms with Crippen LogP contribution >= 0.6 is 0 Å². The van der Waals surface area contributed by atoms with E-state index in [0.717, 1.165) is 44.6 Å². The van der Waals surface area contributed by atoms with E-state index in [0.29, 0.717) is 29.5 Å². The van der Waals surface area contributed by atoms with Gasteiger partial charge in [0.15, 0.2) is 0 Å². The monoisotopic (exact) mass is 340 g/mol. The molecule has 8 heteroatoms. The highest BCUT2D eigenvalue weighted by Crippen LogP contribution is 2.23. The van der Waals surface area contributed by atoms with E-state index in [9.17, 15) is 8.42 Å². The van der Waals surface area contributed by atoms with Crippen molar-refractivity contribution in [3.05, 3.63) is 12.4 Å². The molecule has 0 bridgehead atoms. The van der Waals surface area contributed by atoms with E-state index in [1.807, 2.05) is 0 Å². The molecule has 0 spiro atoms. The van der Waals surface area contributed by atoms with Gasteiger partial charge in [0, 0.05) is 31.2 Å². The average Bonchev–Trinajstić information content (AvgIpc) is 2.56. The second-order valence-electron chi connectivity index (χ2n) is 6.28. The van der Waals surface area contributed by atoms with Gasteiger partial charge in [-0.3, -0.25) is 0 Å². The Kier molecular flexibility index (Phi) is 5.01. The van der Waals surface area contributed by atoms with Crippen LogP contribution in [0.2, 0.25) is 0 Å². The Morgan fingerprint density at radius 3 is 2.52 bits per heavy atom. The largest absolute Gasteiger partial charge is 0.481 e. The Morgan fingerprint density at radius 1 is 1.17 bits per heavy atom. The molecule has 0 atom stereocenters. The van der Waals surface area contributed by atoms with E-state index in [2.05, 4.69) is 20.2 Å². The van der Waals surface area contributed by atoms with Crippen LogP contribution in [-0.4, -0.2) is 67.1 Å². The van der Waals surface area contributed by atoms with Crippen molar-refractivity contribution in [3.8, 4) is 5.88 Å². The fourth-order valence-electron chi connectivity index (χ4n) is 3.39. The third-order valence-corrected chi connectivity index (χ3v) is 6.49. The highest BCUT2D eigenvalue weighted by Gasteiger charge is 2.30. The molecule has 2 saturated heterocycles. The quantitative estimate of drug-likeness (QED) is 0.873. The van der Waals surface area contributed by atoms with Gasteiger partial charge in [0.1, 0.15) is 22.0 Å². The maximum Gasteiger partial charge on any atom is 0.218 e. The van der Waals surface area contributed by atoms with Gasteiger partial charge >= 0.3 is 0 Å². The molecule has 0 aromatic carbocycles. The van der Waals surface area contributed by atoms with E-state index < -0.39 is 9.84 Å². The van der Waals surface area contributed by atoms with Gasteiger partial charge < -0.3 is 15.0 Å². The molecule has 23 heavy (non-hydrogen) atoms. The van der Waals surface area contributed by atoms with Gasteiger partial charge in [-0.1, -0.05) is 0 Å². The van der Waals surface area contributed by atoms with Crippen molar-refractivity contribution in [3.63, 3.8) is 0 Å². The second kappa shape index (κ2) is 7.00. The number of nitrogens with one attached hydrogen (secondary N) is 1. The van der Waals surface area contributed by atoms with Crippen molar-refractivity contribution in [2.45, 2.75) is 37.8 Å². The van der Waals surface area contributed by atoms with Crippen molar-refractivity contribution in [1.82, 2.24) is 14.9 Å². The molecule has 3 heterocycles. The number of ether oxygens (including phenoxy) is 1. The topological polar surface area (TPSA) is 84.4 Å². The summed E-state index contributed by atoms with van der Waals surface area (Å²) in [7, 11) is -1.19. The van der Waals surface area contributed by atoms with Crippen LogP contribution in [0, 0.1) is 0 Å². The lowest BCUT2D eigenvalue weighted by Crippen LogP contribution is -2.47. The maximum absolute atomic E-state index is 11.5. The molecule has 0 aliphatic carbocycles. The molecule has 0 unspecified atom stereocenters. The van der Waals surface area contributed by atoms with E-state index >= 15 is 0 Å². The second-order valence-corrected chi connectivity index (χ2v) is 8.59. The molecule has 1 aromatic heterocycles. The van der Waals surface area contributed by atoms with Crippen LogP contribution in [0.3, 0.4) is 0 Å². The summed E-state index contributed by atoms with van der Waals surface area (Å²) in [5, 5.41) is 3.44. The highest BCUT2D eigenvalue weighted by atomic mass is 32.2. The SMILES string of the molecule is COc1cc(NC2CCN(C3CCS(=O)(=O)CC3)CC2)ncn1. The van der Waals surface area contributed by atoms with Crippen molar-refractivity contribution in [2.24, 2.45) is 0 Å². The van der Waals surface area contributed by atoms with Crippen LogP contribution < -0.4 is 10.1 Å². The molecule has 2 aliphatic rings. The third-order valence-electron chi connectivity index (χ3n) is 4.77. The summed E-state index contributed by atoms with van der Waals surface area (Å²) in [6.45, 7) is 2.01. The summed E-state index contributed by atoms with van der Waals surface area (Å²) in [6.07, 6.45) is 5.14. The van der Waals surface area contributed by atoms with Crippen LogP contribution in [0.4, 0.5) is 5.82 Å². The van der Waals surface area contributed by atoms with Gasteiger partial charge in [0.25, 0.3) is 0 Å². The molecule has 0 amide bonds. The summed E-state index contributed by atoms with van der Waals surface area (Å²) in [6, 6.07) is 2.62. The van der Waals surface area contributed by atoms with Crippen LogP contribution in [0.25, 0.3) is 0 Å². The number of rotatable bonds is 4.